The Morgan fingerprint density at radius 2 is 1.91 bits per heavy atom. The van der Waals surface area contributed by atoms with Crippen molar-refractivity contribution in [2.24, 2.45) is 0 Å². The molecule has 0 bridgehead atoms. The lowest BCUT2D eigenvalue weighted by Gasteiger charge is -2.17. The number of hydrogen-bond donors (Lipinski definition) is 2. The molecule has 0 aliphatic rings. The summed E-state index contributed by atoms with van der Waals surface area (Å²) in [5, 5.41) is 11.1. The molecule has 1 rings (SSSR count). The van der Waals surface area contributed by atoms with Crippen molar-refractivity contribution in [1.82, 2.24) is 5.32 Å². The summed E-state index contributed by atoms with van der Waals surface area (Å²) in [6, 6.07) is 1.35. The second kappa shape index (κ2) is 7.80. The van der Waals surface area contributed by atoms with Crippen LogP contribution in [0.15, 0.2) is 18.2 Å². The number of nitrogens with one attached hydrogen (secondary N) is 1. The predicted molar refractivity (Wildman–Crippen MR) is 79.2 cm³/mol. The molecule has 0 amide bonds. The van der Waals surface area contributed by atoms with Crippen LogP contribution in [0, 0.1) is 0 Å². The highest BCUT2D eigenvalue weighted by molar-refractivity contribution is 8.13. The third-order valence-corrected chi connectivity index (χ3v) is 3.36. The number of ether oxygens (including phenoxy) is 1. The molecule has 9 heteroatoms. The molecule has 0 heterocycles. The summed E-state index contributed by atoms with van der Waals surface area (Å²) in [6.07, 6.45) is -4.18. The van der Waals surface area contributed by atoms with Crippen LogP contribution in [-0.2, 0) is 11.0 Å². The quantitative estimate of drug-likeness (QED) is 0.482. The van der Waals surface area contributed by atoms with E-state index < -0.39 is 40.8 Å². The van der Waals surface area contributed by atoms with Gasteiger partial charge >= 0.3 is 12.1 Å². The van der Waals surface area contributed by atoms with Crippen LogP contribution in [0.5, 0.6) is 5.75 Å². The van der Waals surface area contributed by atoms with Gasteiger partial charge in [-0.1, -0.05) is 11.8 Å². The topological polar surface area (TPSA) is 75.6 Å². The molecule has 1 aromatic rings. The number of aliphatic hydroxyl groups excluding tert-OH is 1. The largest absolute Gasteiger partial charge is 0.425 e. The molecule has 0 fully saturated rings. The first kappa shape index (κ1) is 19.5. The second-order valence-corrected chi connectivity index (χ2v) is 5.46. The molecule has 2 atom stereocenters. The molecule has 0 saturated carbocycles. The van der Waals surface area contributed by atoms with Crippen molar-refractivity contribution in [1.29, 1.82) is 0 Å². The van der Waals surface area contributed by atoms with E-state index in [2.05, 4.69) is 5.32 Å². The summed E-state index contributed by atoms with van der Waals surface area (Å²) in [5.41, 5.74) is -1.17. The maximum Gasteiger partial charge on any atom is 0.416 e. The van der Waals surface area contributed by atoms with Crippen molar-refractivity contribution in [3.05, 3.63) is 29.3 Å². The SMILES string of the molecule is CSC(=O)c1ccc(C(F)(F)F)cc1OC(=O)C(C)NC(C)O. The molecule has 128 valence electrons. The Labute approximate surface area is 135 Å². The van der Waals surface area contributed by atoms with E-state index >= 15 is 0 Å². The highest BCUT2D eigenvalue weighted by atomic mass is 32.2. The van der Waals surface area contributed by atoms with Gasteiger partial charge in [-0.3, -0.25) is 10.1 Å². The van der Waals surface area contributed by atoms with Crippen molar-refractivity contribution in [3.63, 3.8) is 0 Å². The molecule has 0 saturated heterocycles. The van der Waals surface area contributed by atoms with Gasteiger partial charge in [0.2, 0.25) is 5.12 Å². The highest BCUT2D eigenvalue weighted by Gasteiger charge is 2.32. The Balaban J connectivity index is 3.14. The Morgan fingerprint density at radius 3 is 2.39 bits per heavy atom. The molecule has 0 radical (unpaired) electrons. The minimum Gasteiger partial charge on any atom is -0.425 e. The van der Waals surface area contributed by atoms with Gasteiger partial charge in [-0.05, 0) is 38.3 Å². The van der Waals surface area contributed by atoms with Crippen LogP contribution in [0.4, 0.5) is 13.2 Å². The molecule has 5 nitrogen and oxygen atoms in total. The van der Waals surface area contributed by atoms with Crippen LogP contribution < -0.4 is 10.1 Å². The average Bonchev–Trinajstić information content (AvgIpc) is 2.44. The summed E-state index contributed by atoms with van der Waals surface area (Å²) < 4.78 is 43.2. The van der Waals surface area contributed by atoms with Crippen molar-refractivity contribution in [2.45, 2.75) is 32.3 Å². The average molecular weight is 351 g/mol. The van der Waals surface area contributed by atoms with Crippen LogP contribution in [0.25, 0.3) is 0 Å². The maximum atomic E-state index is 12.8. The maximum absolute atomic E-state index is 12.8. The van der Waals surface area contributed by atoms with E-state index in [1.165, 1.54) is 20.1 Å². The monoisotopic (exact) mass is 351 g/mol. The molecule has 0 aromatic heterocycles. The van der Waals surface area contributed by atoms with E-state index in [1.54, 1.807) is 0 Å². The number of esters is 1. The minimum absolute atomic E-state index is 0.136. The van der Waals surface area contributed by atoms with Crippen molar-refractivity contribution >= 4 is 22.8 Å². The van der Waals surface area contributed by atoms with Gasteiger partial charge in [0.05, 0.1) is 11.1 Å². The third kappa shape index (κ3) is 5.52. The van der Waals surface area contributed by atoms with Crippen molar-refractivity contribution in [3.8, 4) is 5.75 Å². The number of carbonyl (C=O) groups excluding carboxylic acids is 2. The number of benzene rings is 1. The van der Waals surface area contributed by atoms with Crippen molar-refractivity contribution < 1.29 is 32.6 Å². The van der Waals surface area contributed by atoms with E-state index in [0.717, 1.165) is 23.9 Å². The fourth-order valence-corrected chi connectivity index (χ4v) is 2.08. The van der Waals surface area contributed by atoms with E-state index in [4.69, 9.17) is 9.84 Å². The van der Waals surface area contributed by atoms with Crippen LogP contribution in [0.3, 0.4) is 0 Å². The summed E-state index contributed by atoms with van der Waals surface area (Å²) in [7, 11) is 0. The Hall–Kier alpha value is -1.58. The fraction of sp³-hybridized carbons (Fsp3) is 0.429. The summed E-state index contributed by atoms with van der Waals surface area (Å²) in [4.78, 5) is 23.6. The van der Waals surface area contributed by atoms with Gasteiger partial charge in [0.25, 0.3) is 0 Å². The fourth-order valence-electron chi connectivity index (χ4n) is 1.69. The second-order valence-electron chi connectivity index (χ2n) is 4.69. The van der Waals surface area contributed by atoms with E-state index in [0.29, 0.717) is 6.07 Å². The highest BCUT2D eigenvalue weighted by Crippen LogP contribution is 2.34. The standard InChI is InChI=1S/C14H16F3NO4S/c1-7(18-8(2)19)12(20)22-11-6-9(14(15,16)17)4-5-10(11)13(21)23-3/h4-8,18-19H,1-3H3. The van der Waals surface area contributed by atoms with Crippen LogP contribution >= 0.6 is 11.8 Å². The molecule has 2 unspecified atom stereocenters. The number of rotatable bonds is 5. The Kier molecular flexibility index (Phi) is 6.60. The zero-order chi connectivity index (χ0) is 17.8. The van der Waals surface area contributed by atoms with Crippen LogP contribution in [-0.4, -0.2) is 34.7 Å². The molecule has 23 heavy (non-hydrogen) atoms. The van der Waals surface area contributed by atoms with Gasteiger partial charge in [-0.2, -0.15) is 13.2 Å². The number of carbonyl (C=O) groups is 2. The molecular weight excluding hydrogens is 335 g/mol. The van der Waals surface area contributed by atoms with Gasteiger partial charge in [-0.25, -0.2) is 4.79 Å². The Bertz CT molecular complexity index is 590. The van der Waals surface area contributed by atoms with Crippen molar-refractivity contribution in [2.75, 3.05) is 6.26 Å². The van der Waals surface area contributed by atoms with Gasteiger partial charge < -0.3 is 9.84 Å². The summed E-state index contributed by atoms with van der Waals surface area (Å²) in [5.74, 6) is -1.39. The zero-order valence-corrected chi connectivity index (χ0v) is 13.4. The number of hydrogen-bond acceptors (Lipinski definition) is 6. The Morgan fingerprint density at radius 1 is 1.30 bits per heavy atom. The molecule has 2 N–H and O–H groups in total. The lowest BCUT2D eigenvalue weighted by Crippen LogP contribution is -2.42. The zero-order valence-electron chi connectivity index (χ0n) is 12.6. The lowest BCUT2D eigenvalue weighted by molar-refractivity contribution is -0.140. The van der Waals surface area contributed by atoms with Gasteiger partial charge in [0.15, 0.2) is 0 Å². The van der Waals surface area contributed by atoms with E-state index in [9.17, 15) is 22.8 Å². The first-order valence-electron chi connectivity index (χ1n) is 6.51. The lowest BCUT2D eigenvalue weighted by atomic mass is 10.1. The number of halogens is 3. The smallest absolute Gasteiger partial charge is 0.416 e. The predicted octanol–water partition coefficient (Wildman–Crippen LogP) is 2.43. The first-order valence-corrected chi connectivity index (χ1v) is 7.74. The minimum atomic E-state index is -4.63. The van der Waals surface area contributed by atoms with E-state index in [1.807, 2.05) is 0 Å². The normalized spacial score (nSPS) is 14.2. The summed E-state index contributed by atoms with van der Waals surface area (Å²) >= 11 is 0.784. The number of thioether (sulfide) groups is 1. The number of alkyl halides is 3. The van der Waals surface area contributed by atoms with Gasteiger partial charge in [0.1, 0.15) is 18.0 Å². The summed E-state index contributed by atoms with van der Waals surface area (Å²) in [6.45, 7) is 2.75. The molecule has 0 aliphatic heterocycles. The first-order chi connectivity index (χ1) is 10.6. The van der Waals surface area contributed by atoms with Crippen LogP contribution in [0.1, 0.15) is 29.8 Å². The molecular formula is C14H16F3NO4S. The molecule has 0 spiro atoms. The third-order valence-electron chi connectivity index (χ3n) is 2.77. The molecule has 0 aliphatic carbocycles. The van der Waals surface area contributed by atoms with E-state index in [-0.39, 0.29) is 5.56 Å². The van der Waals surface area contributed by atoms with Crippen LogP contribution in [0.2, 0.25) is 0 Å². The number of aliphatic hydroxyl groups is 1. The molecule has 1 aromatic carbocycles. The van der Waals surface area contributed by atoms with Gasteiger partial charge in [0, 0.05) is 0 Å². The van der Waals surface area contributed by atoms with Gasteiger partial charge in [-0.15, -0.1) is 0 Å².